The smallest absolute Gasteiger partial charge is 0.251 e. The molecular formula is C21H20N6O2. The van der Waals surface area contributed by atoms with Crippen molar-refractivity contribution in [3.8, 4) is 5.69 Å². The van der Waals surface area contributed by atoms with Gasteiger partial charge in [0.2, 0.25) is 5.91 Å². The molecule has 2 N–H and O–H groups in total. The molecule has 29 heavy (non-hydrogen) atoms. The second-order valence-corrected chi connectivity index (χ2v) is 7.61. The van der Waals surface area contributed by atoms with Crippen LogP contribution >= 0.6 is 0 Å². The van der Waals surface area contributed by atoms with E-state index in [1.165, 1.54) is 6.33 Å². The minimum Gasteiger partial charge on any atom is -0.350 e. The molecule has 5 rings (SSSR count). The third-order valence-electron chi connectivity index (χ3n) is 5.63. The van der Waals surface area contributed by atoms with E-state index in [2.05, 4.69) is 25.7 Å². The van der Waals surface area contributed by atoms with Gasteiger partial charge in [-0.25, -0.2) is 9.67 Å². The molecule has 2 heterocycles. The largest absolute Gasteiger partial charge is 0.350 e. The molecule has 0 bridgehead atoms. The predicted octanol–water partition coefficient (Wildman–Crippen LogP) is 1.38. The molecule has 146 valence electrons. The standard InChI is InChI=1S/C21H20N6O2/c28-19(14-3-5-16(6-4-14)27-13-23-12-24-27)25-17-10-18(17)26-20(29)21(7-8-21)15-2-1-9-22-11-15/h1-6,9,11-13,17-18H,7-8,10H2,(H,25,28)(H,26,29)/t17-,18-/m0/s1. The fourth-order valence-corrected chi connectivity index (χ4v) is 3.60. The second kappa shape index (κ2) is 6.80. The Kier molecular flexibility index (Phi) is 4.12. The normalized spacial score (nSPS) is 21.2. The topological polar surface area (TPSA) is 102 Å². The fourth-order valence-electron chi connectivity index (χ4n) is 3.60. The molecular weight excluding hydrogens is 368 g/mol. The van der Waals surface area contributed by atoms with Crippen LogP contribution in [0.3, 0.4) is 0 Å². The van der Waals surface area contributed by atoms with Gasteiger partial charge < -0.3 is 10.6 Å². The van der Waals surface area contributed by atoms with Crippen LogP contribution in [-0.2, 0) is 10.2 Å². The molecule has 2 amide bonds. The fraction of sp³-hybridized carbons (Fsp3) is 0.286. The van der Waals surface area contributed by atoms with Gasteiger partial charge in [-0.1, -0.05) is 6.07 Å². The maximum absolute atomic E-state index is 12.8. The molecule has 3 aromatic rings. The first-order valence-electron chi connectivity index (χ1n) is 9.63. The van der Waals surface area contributed by atoms with Crippen LogP contribution in [0, 0.1) is 0 Å². The Morgan fingerprint density at radius 3 is 2.48 bits per heavy atom. The number of hydrogen-bond acceptors (Lipinski definition) is 5. The summed E-state index contributed by atoms with van der Waals surface area (Å²) in [5.74, 6) is -0.116. The van der Waals surface area contributed by atoms with Crippen LogP contribution in [-0.4, -0.2) is 43.6 Å². The summed E-state index contributed by atoms with van der Waals surface area (Å²) in [5, 5.41) is 10.1. The number of aromatic nitrogens is 4. The van der Waals surface area contributed by atoms with Crippen LogP contribution in [0.2, 0.25) is 0 Å². The average molecular weight is 388 g/mol. The number of carbonyl (C=O) groups is 2. The van der Waals surface area contributed by atoms with Gasteiger partial charge >= 0.3 is 0 Å². The highest BCUT2D eigenvalue weighted by molar-refractivity contribution is 5.95. The van der Waals surface area contributed by atoms with E-state index in [4.69, 9.17) is 0 Å². The van der Waals surface area contributed by atoms with Crippen molar-refractivity contribution in [1.29, 1.82) is 0 Å². The molecule has 1 aromatic carbocycles. The highest BCUT2D eigenvalue weighted by Crippen LogP contribution is 2.48. The minimum absolute atomic E-state index is 0.0185. The van der Waals surface area contributed by atoms with Gasteiger partial charge in [0.25, 0.3) is 5.91 Å². The van der Waals surface area contributed by atoms with E-state index in [9.17, 15) is 9.59 Å². The summed E-state index contributed by atoms with van der Waals surface area (Å²) in [4.78, 5) is 33.3. The molecule has 2 aliphatic rings. The quantitative estimate of drug-likeness (QED) is 0.664. The summed E-state index contributed by atoms with van der Waals surface area (Å²) in [5.41, 5.74) is 1.93. The van der Waals surface area contributed by atoms with Crippen LogP contribution in [0.5, 0.6) is 0 Å². The Balaban J connectivity index is 1.16. The lowest BCUT2D eigenvalue weighted by molar-refractivity contribution is -0.123. The van der Waals surface area contributed by atoms with Gasteiger partial charge in [-0.3, -0.25) is 14.6 Å². The summed E-state index contributed by atoms with van der Waals surface area (Å²) in [7, 11) is 0. The maximum Gasteiger partial charge on any atom is 0.251 e. The van der Waals surface area contributed by atoms with Gasteiger partial charge in [0, 0.05) is 18.0 Å². The highest BCUT2D eigenvalue weighted by atomic mass is 16.2. The van der Waals surface area contributed by atoms with Gasteiger partial charge in [0.1, 0.15) is 12.7 Å². The molecule has 0 spiro atoms. The summed E-state index contributed by atoms with van der Waals surface area (Å²) in [6, 6.07) is 10.9. The molecule has 2 fully saturated rings. The number of amides is 2. The number of rotatable bonds is 6. The van der Waals surface area contributed by atoms with E-state index < -0.39 is 5.41 Å². The van der Waals surface area contributed by atoms with E-state index in [0.29, 0.717) is 5.56 Å². The van der Waals surface area contributed by atoms with Gasteiger partial charge in [-0.2, -0.15) is 5.10 Å². The molecule has 8 nitrogen and oxygen atoms in total. The summed E-state index contributed by atoms with van der Waals surface area (Å²) >= 11 is 0. The third kappa shape index (κ3) is 3.37. The Hall–Kier alpha value is -3.55. The van der Waals surface area contributed by atoms with Gasteiger partial charge in [0.05, 0.1) is 23.2 Å². The van der Waals surface area contributed by atoms with E-state index in [1.807, 2.05) is 24.3 Å². The zero-order valence-corrected chi connectivity index (χ0v) is 15.7. The lowest BCUT2D eigenvalue weighted by atomic mass is 9.97. The number of carbonyl (C=O) groups excluding carboxylic acids is 2. The first kappa shape index (κ1) is 17.5. The van der Waals surface area contributed by atoms with E-state index in [0.717, 1.165) is 30.5 Å². The lowest BCUT2D eigenvalue weighted by Gasteiger charge is -2.15. The first-order chi connectivity index (χ1) is 14.2. The summed E-state index contributed by atoms with van der Waals surface area (Å²) in [6.45, 7) is 0. The molecule has 8 heteroatoms. The van der Waals surface area contributed by atoms with Crippen LogP contribution < -0.4 is 10.6 Å². The van der Waals surface area contributed by atoms with Gasteiger partial charge in [0.15, 0.2) is 0 Å². The number of nitrogens with one attached hydrogen (secondary N) is 2. The summed E-state index contributed by atoms with van der Waals surface area (Å²) < 4.78 is 1.63. The lowest BCUT2D eigenvalue weighted by Crippen LogP contribution is -2.40. The van der Waals surface area contributed by atoms with Crippen molar-refractivity contribution in [3.63, 3.8) is 0 Å². The van der Waals surface area contributed by atoms with Crippen molar-refractivity contribution < 1.29 is 9.59 Å². The Morgan fingerprint density at radius 2 is 1.83 bits per heavy atom. The predicted molar refractivity (Wildman–Crippen MR) is 104 cm³/mol. The molecule has 0 radical (unpaired) electrons. The zero-order chi connectivity index (χ0) is 19.8. The monoisotopic (exact) mass is 388 g/mol. The Morgan fingerprint density at radius 1 is 1.03 bits per heavy atom. The Labute approximate surface area is 167 Å². The van der Waals surface area contributed by atoms with Crippen molar-refractivity contribution in [2.24, 2.45) is 0 Å². The van der Waals surface area contributed by atoms with E-state index >= 15 is 0 Å². The third-order valence-corrected chi connectivity index (χ3v) is 5.63. The molecule has 2 aliphatic carbocycles. The number of benzene rings is 1. The van der Waals surface area contributed by atoms with E-state index in [1.54, 1.807) is 35.5 Å². The minimum atomic E-state index is -0.442. The second-order valence-electron chi connectivity index (χ2n) is 7.61. The highest BCUT2D eigenvalue weighted by Gasteiger charge is 2.53. The number of pyridine rings is 1. The number of hydrogen-bond donors (Lipinski definition) is 2. The van der Waals surface area contributed by atoms with Crippen molar-refractivity contribution in [3.05, 3.63) is 72.6 Å². The molecule has 2 saturated carbocycles. The molecule has 0 aliphatic heterocycles. The molecule has 2 atom stereocenters. The molecule has 0 unspecified atom stereocenters. The van der Waals surface area contributed by atoms with Crippen molar-refractivity contribution in [2.75, 3.05) is 0 Å². The van der Waals surface area contributed by atoms with Crippen LogP contribution in [0.1, 0.15) is 35.2 Å². The Bertz CT molecular complexity index is 1030. The van der Waals surface area contributed by atoms with Gasteiger partial charge in [-0.15, -0.1) is 0 Å². The van der Waals surface area contributed by atoms with Crippen LogP contribution in [0.25, 0.3) is 5.69 Å². The molecule has 2 aromatic heterocycles. The summed E-state index contributed by atoms with van der Waals surface area (Å²) in [6.07, 6.45) is 8.97. The maximum atomic E-state index is 12.8. The first-order valence-corrected chi connectivity index (χ1v) is 9.63. The van der Waals surface area contributed by atoms with E-state index in [-0.39, 0.29) is 23.9 Å². The zero-order valence-electron chi connectivity index (χ0n) is 15.7. The SMILES string of the molecule is O=C(N[C@H]1C[C@@H]1NC(=O)C1(c2cccnc2)CC1)c1ccc(-n2cncn2)cc1. The van der Waals surface area contributed by atoms with Crippen molar-refractivity contribution >= 4 is 11.8 Å². The van der Waals surface area contributed by atoms with Crippen LogP contribution in [0.15, 0.2) is 61.4 Å². The number of nitrogens with zero attached hydrogens (tertiary/aromatic N) is 4. The van der Waals surface area contributed by atoms with Crippen LogP contribution in [0.4, 0.5) is 0 Å². The van der Waals surface area contributed by atoms with Crippen molar-refractivity contribution in [1.82, 2.24) is 30.4 Å². The van der Waals surface area contributed by atoms with Crippen molar-refractivity contribution in [2.45, 2.75) is 36.8 Å². The average Bonchev–Trinajstić information content (AvgIpc) is 3.65. The van der Waals surface area contributed by atoms with Gasteiger partial charge in [-0.05, 0) is 55.2 Å². The molecule has 0 saturated heterocycles.